The van der Waals surface area contributed by atoms with Gasteiger partial charge in [-0.05, 0) is 37.8 Å². The second kappa shape index (κ2) is 11.0. The topological polar surface area (TPSA) is 76.8 Å². The van der Waals surface area contributed by atoms with E-state index in [-0.39, 0.29) is 30.7 Å². The summed E-state index contributed by atoms with van der Waals surface area (Å²) in [7, 11) is 1.67. The van der Waals surface area contributed by atoms with Crippen LogP contribution in [0.2, 0.25) is 0 Å². The smallest absolute Gasteiger partial charge is 0.230 e. The van der Waals surface area contributed by atoms with Crippen molar-refractivity contribution in [2.45, 2.75) is 31.7 Å². The third-order valence-electron chi connectivity index (χ3n) is 5.52. The van der Waals surface area contributed by atoms with Crippen LogP contribution < -0.4 is 15.8 Å². The number of piperidine rings is 1. The minimum absolute atomic E-state index is 0. The number of halogens is 2. The molecule has 154 valence electrons. The Morgan fingerprint density at radius 1 is 1.30 bits per heavy atom. The van der Waals surface area contributed by atoms with Gasteiger partial charge in [-0.15, -0.1) is 24.8 Å². The summed E-state index contributed by atoms with van der Waals surface area (Å²) in [6.45, 7) is 3.25. The number of nitrogens with zero attached hydrogens (tertiary/aromatic N) is 1. The maximum atomic E-state index is 13.0. The first-order valence-electron chi connectivity index (χ1n) is 9.15. The number of methoxy groups -OCH3 is 1. The van der Waals surface area contributed by atoms with Crippen LogP contribution in [0.5, 0.6) is 5.75 Å². The van der Waals surface area contributed by atoms with E-state index in [0.29, 0.717) is 25.8 Å². The van der Waals surface area contributed by atoms with Crippen LogP contribution in [0.15, 0.2) is 24.3 Å². The van der Waals surface area contributed by atoms with E-state index in [1.165, 1.54) is 0 Å². The van der Waals surface area contributed by atoms with E-state index < -0.39 is 5.41 Å². The number of anilines is 1. The largest absolute Gasteiger partial charge is 0.497 e. The fraction of sp³-hybridized carbons (Fsp3) is 0.632. The summed E-state index contributed by atoms with van der Waals surface area (Å²) in [5.74, 6) is 1.07. The standard InChI is InChI=1S/C19H29N3O3.2ClH/c1-24-17-4-2-3-16(13-17)21-15-5-9-22(10-6-15)18(23)19(14-20)7-11-25-12-8-19;;/h2-4,13,15,21H,5-12,14,20H2,1H3;2*1H. The Morgan fingerprint density at radius 3 is 2.56 bits per heavy atom. The Balaban J connectivity index is 0.00000182. The summed E-state index contributed by atoms with van der Waals surface area (Å²) in [5, 5.41) is 3.56. The first kappa shape index (κ1) is 23.8. The molecule has 27 heavy (non-hydrogen) atoms. The molecule has 3 rings (SSSR count). The van der Waals surface area contributed by atoms with Crippen molar-refractivity contribution >= 4 is 36.4 Å². The van der Waals surface area contributed by atoms with Crippen LogP contribution in [0.4, 0.5) is 5.69 Å². The molecule has 0 aliphatic carbocycles. The van der Waals surface area contributed by atoms with Gasteiger partial charge in [0, 0.05) is 50.6 Å². The Bertz CT molecular complexity index is 589. The lowest BCUT2D eigenvalue weighted by atomic mass is 9.78. The van der Waals surface area contributed by atoms with Crippen molar-refractivity contribution in [2.24, 2.45) is 11.1 Å². The first-order chi connectivity index (χ1) is 12.2. The van der Waals surface area contributed by atoms with E-state index in [0.717, 1.165) is 50.2 Å². The molecule has 0 aromatic heterocycles. The van der Waals surface area contributed by atoms with Crippen LogP contribution in [0.25, 0.3) is 0 Å². The third-order valence-corrected chi connectivity index (χ3v) is 5.52. The molecular formula is C19H31Cl2N3O3. The maximum Gasteiger partial charge on any atom is 0.230 e. The number of amides is 1. The minimum atomic E-state index is -0.411. The molecule has 1 aromatic rings. The zero-order chi connectivity index (χ0) is 17.7. The molecule has 0 bridgehead atoms. The van der Waals surface area contributed by atoms with E-state index in [9.17, 15) is 4.79 Å². The zero-order valence-corrected chi connectivity index (χ0v) is 17.4. The molecule has 0 atom stereocenters. The van der Waals surface area contributed by atoms with Crippen molar-refractivity contribution in [1.29, 1.82) is 0 Å². The molecule has 1 aromatic carbocycles. The normalized spacial score (nSPS) is 19.4. The molecule has 2 aliphatic rings. The summed E-state index contributed by atoms with van der Waals surface area (Å²) < 4.78 is 10.7. The summed E-state index contributed by atoms with van der Waals surface area (Å²) in [5.41, 5.74) is 6.63. The fourth-order valence-electron chi connectivity index (χ4n) is 3.78. The highest BCUT2D eigenvalue weighted by molar-refractivity contribution is 5.85. The quantitative estimate of drug-likeness (QED) is 0.766. The Hall–Kier alpha value is -1.21. The lowest BCUT2D eigenvalue weighted by molar-refractivity contribution is -0.148. The van der Waals surface area contributed by atoms with Gasteiger partial charge in [0.15, 0.2) is 0 Å². The van der Waals surface area contributed by atoms with Crippen LogP contribution in [-0.4, -0.2) is 56.8 Å². The zero-order valence-electron chi connectivity index (χ0n) is 15.8. The molecule has 6 nitrogen and oxygen atoms in total. The van der Waals surface area contributed by atoms with Gasteiger partial charge in [0.05, 0.1) is 12.5 Å². The molecule has 2 saturated heterocycles. The van der Waals surface area contributed by atoms with Crippen molar-refractivity contribution in [3.05, 3.63) is 24.3 Å². The van der Waals surface area contributed by atoms with Gasteiger partial charge >= 0.3 is 0 Å². The highest BCUT2D eigenvalue weighted by atomic mass is 35.5. The monoisotopic (exact) mass is 419 g/mol. The van der Waals surface area contributed by atoms with Crippen LogP contribution in [0, 0.1) is 5.41 Å². The maximum absolute atomic E-state index is 13.0. The Labute approximate surface area is 174 Å². The SMILES string of the molecule is COc1cccc(NC2CCN(C(=O)C3(CN)CCOCC3)CC2)c1.Cl.Cl. The molecule has 3 N–H and O–H groups in total. The average Bonchev–Trinajstić information content (AvgIpc) is 2.68. The molecule has 1 amide bonds. The van der Waals surface area contributed by atoms with Gasteiger partial charge in [-0.3, -0.25) is 4.79 Å². The molecule has 0 unspecified atom stereocenters. The Morgan fingerprint density at radius 2 is 1.96 bits per heavy atom. The number of nitrogens with one attached hydrogen (secondary N) is 1. The number of nitrogens with two attached hydrogens (primary N) is 1. The molecule has 2 fully saturated rings. The molecular weight excluding hydrogens is 389 g/mol. The number of ether oxygens (including phenoxy) is 2. The summed E-state index contributed by atoms with van der Waals surface area (Å²) >= 11 is 0. The van der Waals surface area contributed by atoms with Crippen LogP contribution in [-0.2, 0) is 9.53 Å². The van der Waals surface area contributed by atoms with Crippen LogP contribution >= 0.6 is 24.8 Å². The second-order valence-corrected chi connectivity index (χ2v) is 7.04. The fourth-order valence-corrected chi connectivity index (χ4v) is 3.78. The van der Waals surface area contributed by atoms with Gasteiger partial charge < -0.3 is 25.4 Å². The number of hydrogen-bond acceptors (Lipinski definition) is 5. The molecule has 2 heterocycles. The van der Waals surface area contributed by atoms with Crippen molar-refractivity contribution in [1.82, 2.24) is 4.90 Å². The van der Waals surface area contributed by atoms with Gasteiger partial charge in [-0.25, -0.2) is 0 Å². The lowest BCUT2D eigenvalue weighted by Crippen LogP contribution is -2.53. The number of carbonyl (C=O) groups is 1. The first-order valence-corrected chi connectivity index (χ1v) is 9.15. The summed E-state index contributed by atoms with van der Waals surface area (Å²) in [6, 6.07) is 8.34. The lowest BCUT2D eigenvalue weighted by Gasteiger charge is -2.41. The predicted molar refractivity (Wildman–Crippen MR) is 112 cm³/mol. The highest BCUT2D eigenvalue weighted by Gasteiger charge is 2.42. The molecule has 0 radical (unpaired) electrons. The van der Waals surface area contributed by atoms with Crippen molar-refractivity contribution < 1.29 is 14.3 Å². The molecule has 0 spiro atoms. The number of carbonyl (C=O) groups excluding carboxylic acids is 1. The van der Waals surface area contributed by atoms with E-state index in [1.54, 1.807) is 7.11 Å². The average molecular weight is 420 g/mol. The van der Waals surface area contributed by atoms with Crippen molar-refractivity contribution in [3.8, 4) is 5.75 Å². The van der Waals surface area contributed by atoms with Gasteiger partial charge in [0.2, 0.25) is 5.91 Å². The highest BCUT2D eigenvalue weighted by Crippen LogP contribution is 2.33. The minimum Gasteiger partial charge on any atom is -0.497 e. The van der Waals surface area contributed by atoms with Gasteiger partial charge in [0.25, 0.3) is 0 Å². The van der Waals surface area contributed by atoms with Gasteiger partial charge in [-0.2, -0.15) is 0 Å². The molecule has 8 heteroatoms. The van der Waals surface area contributed by atoms with Gasteiger partial charge in [0.1, 0.15) is 5.75 Å². The third kappa shape index (κ3) is 5.64. The molecule has 2 aliphatic heterocycles. The number of benzene rings is 1. The Kier molecular flexibility index (Phi) is 9.67. The van der Waals surface area contributed by atoms with E-state index in [1.807, 2.05) is 29.2 Å². The summed E-state index contributed by atoms with van der Waals surface area (Å²) in [4.78, 5) is 15.0. The van der Waals surface area contributed by atoms with Crippen LogP contribution in [0.1, 0.15) is 25.7 Å². The molecule has 0 saturated carbocycles. The van der Waals surface area contributed by atoms with E-state index >= 15 is 0 Å². The summed E-state index contributed by atoms with van der Waals surface area (Å²) in [6.07, 6.45) is 3.37. The van der Waals surface area contributed by atoms with Crippen LogP contribution in [0.3, 0.4) is 0 Å². The number of hydrogen-bond donors (Lipinski definition) is 2. The van der Waals surface area contributed by atoms with Gasteiger partial charge in [-0.1, -0.05) is 6.07 Å². The van der Waals surface area contributed by atoms with E-state index in [4.69, 9.17) is 15.2 Å². The van der Waals surface area contributed by atoms with E-state index in [2.05, 4.69) is 5.32 Å². The van der Waals surface area contributed by atoms with Crippen molar-refractivity contribution in [2.75, 3.05) is 45.3 Å². The number of rotatable bonds is 5. The van der Waals surface area contributed by atoms with Crippen molar-refractivity contribution in [3.63, 3.8) is 0 Å². The second-order valence-electron chi connectivity index (χ2n) is 7.04. The number of likely N-dealkylation sites (tertiary alicyclic amines) is 1. The predicted octanol–water partition coefficient (Wildman–Crippen LogP) is 2.70.